The molecule has 0 bridgehead atoms. The van der Waals surface area contributed by atoms with Gasteiger partial charge in [-0.1, -0.05) is 53.7 Å². The lowest BCUT2D eigenvalue weighted by Gasteiger charge is -2.35. The molecule has 2 atom stereocenters. The Hall–Kier alpha value is -2.35. The summed E-state index contributed by atoms with van der Waals surface area (Å²) in [5.41, 5.74) is 1.81. The van der Waals surface area contributed by atoms with Gasteiger partial charge >= 0.3 is 0 Å². The Balaban J connectivity index is 1.45. The number of para-hydroxylation sites is 1. The Morgan fingerprint density at radius 3 is 2.47 bits per heavy atom. The van der Waals surface area contributed by atoms with E-state index in [0.29, 0.717) is 30.4 Å². The molecule has 1 aliphatic rings. The number of hydrogen-bond acceptors (Lipinski definition) is 5. The minimum atomic E-state index is 0.0877. The van der Waals surface area contributed by atoms with E-state index in [2.05, 4.69) is 10.2 Å². The second kappa shape index (κ2) is 10.5. The largest absolute Gasteiger partial charge is 0.372 e. The summed E-state index contributed by atoms with van der Waals surface area (Å²) in [6.45, 7) is 5.36. The molecule has 0 aliphatic carbocycles. The summed E-state index contributed by atoms with van der Waals surface area (Å²) in [5.74, 6) is 1.67. The molecule has 3 aromatic rings. The average molecular weight is 471 g/mol. The molecule has 2 heterocycles. The topological polar surface area (TPSA) is 60.2 Å². The van der Waals surface area contributed by atoms with Crippen LogP contribution in [0, 0.1) is 0 Å². The summed E-state index contributed by atoms with van der Waals surface area (Å²) < 4.78 is 7.75. The van der Waals surface area contributed by atoms with Crippen LogP contribution in [0.25, 0.3) is 17.1 Å². The molecule has 1 amide bonds. The van der Waals surface area contributed by atoms with Crippen LogP contribution in [-0.2, 0) is 9.53 Å². The molecule has 2 unspecified atom stereocenters. The lowest BCUT2D eigenvalue weighted by Crippen LogP contribution is -2.48. The minimum absolute atomic E-state index is 0.0877. The fourth-order valence-electron chi connectivity index (χ4n) is 3.92. The Morgan fingerprint density at radius 1 is 1.06 bits per heavy atom. The summed E-state index contributed by atoms with van der Waals surface area (Å²) in [6, 6.07) is 17.7. The van der Waals surface area contributed by atoms with Gasteiger partial charge in [0.1, 0.15) is 0 Å². The number of morpholine rings is 1. The van der Waals surface area contributed by atoms with E-state index < -0.39 is 0 Å². The number of benzene rings is 2. The number of carbonyl (C=O) groups excluding carboxylic acids is 1. The van der Waals surface area contributed by atoms with Crippen molar-refractivity contribution in [2.24, 2.45) is 0 Å². The molecule has 4 rings (SSSR count). The van der Waals surface area contributed by atoms with Crippen molar-refractivity contribution in [1.29, 1.82) is 0 Å². The minimum Gasteiger partial charge on any atom is -0.372 e. The van der Waals surface area contributed by atoms with E-state index in [-0.39, 0.29) is 18.1 Å². The Morgan fingerprint density at radius 2 is 1.75 bits per heavy atom. The third-order valence-corrected chi connectivity index (χ3v) is 6.65. The van der Waals surface area contributed by atoms with Crippen molar-refractivity contribution in [3.63, 3.8) is 0 Å². The number of rotatable bonds is 7. The van der Waals surface area contributed by atoms with Gasteiger partial charge in [-0.15, -0.1) is 10.2 Å². The highest BCUT2D eigenvalue weighted by Crippen LogP contribution is 2.32. The fourth-order valence-corrected chi connectivity index (χ4v) is 5.03. The van der Waals surface area contributed by atoms with Crippen LogP contribution in [-0.4, -0.2) is 56.6 Å². The maximum absolute atomic E-state index is 12.6. The highest BCUT2D eigenvalue weighted by Gasteiger charge is 2.25. The number of thioether (sulfide) groups is 1. The maximum atomic E-state index is 12.6. The number of amides is 1. The molecule has 0 saturated carbocycles. The van der Waals surface area contributed by atoms with Crippen molar-refractivity contribution in [3.8, 4) is 17.1 Å². The lowest BCUT2D eigenvalue weighted by molar-refractivity contribution is -0.143. The van der Waals surface area contributed by atoms with Gasteiger partial charge in [-0.2, -0.15) is 0 Å². The van der Waals surface area contributed by atoms with Gasteiger partial charge in [0.2, 0.25) is 5.91 Å². The van der Waals surface area contributed by atoms with Crippen molar-refractivity contribution in [2.75, 3.05) is 18.8 Å². The third-order valence-electron chi connectivity index (χ3n) is 5.30. The summed E-state index contributed by atoms with van der Waals surface area (Å²) in [6.07, 6.45) is 1.46. The van der Waals surface area contributed by atoms with E-state index in [1.165, 1.54) is 0 Å². The maximum Gasteiger partial charge on any atom is 0.222 e. The molecule has 0 radical (unpaired) electrons. The first kappa shape index (κ1) is 22.8. The van der Waals surface area contributed by atoms with Crippen LogP contribution >= 0.6 is 23.4 Å². The highest BCUT2D eigenvalue weighted by atomic mass is 35.5. The Labute approximate surface area is 197 Å². The zero-order chi connectivity index (χ0) is 22.5. The van der Waals surface area contributed by atoms with Gasteiger partial charge in [-0.25, -0.2) is 0 Å². The van der Waals surface area contributed by atoms with Crippen molar-refractivity contribution in [1.82, 2.24) is 19.7 Å². The summed E-state index contributed by atoms with van der Waals surface area (Å²) in [4.78, 5) is 14.6. The molecule has 168 valence electrons. The van der Waals surface area contributed by atoms with Gasteiger partial charge in [-0.3, -0.25) is 9.36 Å². The van der Waals surface area contributed by atoms with Gasteiger partial charge in [0.15, 0.2) is 11.0 Å². The zero-order valence-corrected chi connectivity index (χ0v) is 19.9. The molecule has 1 aromatic heterocycles. The van der Waals surface area contributed by atoms with Crippen molar-refractivity contribution < 1.29 is 9.53 Å². The summed E-state index contributed by atoms with van der Waals surface area (Å²) in [5, 5.41) is 10.3. The molecule has 2 aromatic carbocycles. The first-order chi connectivity index (χ1) is 15.5. The Kier molecular flexibility index (Phi) is 7.50. The van der Waals surface area contributed by atoms with Gasteiger partial charge in [0, 0.05) is 36.5 Å². The highest BCUT2D eigenvalue weighted by molar-refractivity contribution is 7.99. The average Bonchev–Trinajstić information content (AvgIpc) is 3.20. The van der Waals surface area contributed by atoms with Crippen LogP contribution in [0.2, 0.25) is 5.02 Å². The van der Waals surface area contributed by atoms with Gasteiger partial charge in [-0.05, 0) is 44.5 Å². The first-order valence-corrected chi connectivity index (χ1v) is 12.2. The molecule has 1 aliphatic heterocycles. The quantitative estimate of drug-likeness (QED) is 0.355. The van der Waals surface area contributed by atoms with Crippen LogP contribution in [0.1, 0.15) is 26.7 Å². The van der Waals surface area contributed by atoms with E-state index >= 15 is 0 Å². The number of carbonyl (C=O) groups is 1. The number of halogens is 1. The van der Waals surface area contributed by atoms with E-state index in [4.69, 9.17) is 16.3 Å². The van der Waals surface area contributed by atoms with Crippen molar-refractivity contribution >= 4 is 29.3 Å². The second-order valence-electron chi connectivity index (χ2n) is 7.97. The molecule has 1 fully saturated rings. The standard InChI is InChI=1S/C24H27ClN4O2S/c1-17-15-28(16-18(2)31-17)22(30)13-8-14-32-24-27-26-23(20-11-6-7-12-21(20)25)29(24)19-9-4-3-5-10-19/h3-7,9-12,17-18H,8,13-16H2,1-2H3. The lowest BCUT2D eigenvalue weighted by atomic mass is 10.2. The van der Waals surface area contributed by atoms with Crippen LogP contribution in [0.4, 0.5) is 0 Å². The molecule has 1 saturated heterocycles. The van der Waals surface area contributed by atoms with E-state index in [1.807, 2.05) is 77.9 Å². The number of nitrogens with zero attached hydrogens (tertiary/aromatic N) is 4. The van der Waals surface area contributed by atoms with E-state index in [9.17, 15) is 4.79 Å². The zero-order valence-electron chi connectivity index (χ0n) is 18.3. The fraction of sp³-hybridized carbons (Fsp3) is 0.375. The number of aromatic nitrogens is 3. The summed E-state index contributed by atoms with van der Waals surface area (Å²) in [7, 11) is 0. The SMILES string of the molecule is CC1CN(C(=O)CCCSc2nnc(-c3ccccc3Cl)n2-c2ccccc2)CC(C)O1. The predicted molar refractivity (Wildman–Crippen MR) is 128 cm³/mol. The van der Waals surface area contributed by atoms with Crippen LogP contribution in [0.3, 0.4) is 0 Å². The first-order valence-electron chi connectivity index (χ1n) is 10.8. The van der Waals surface area contributed by atoms with Gasteiger partial charge in [0.05, 0.1) is 17.2 Å². The molecule has 6 nitrogen and oxygen atoms in total. The molecule has 8 heteroatoms. The molecule has 0 spiro atoms. The van der Waals surface area contributed by atoms with Crippen LogP contribution in [0.15, 0.2) is 59.8 Å². The number of hydrogen-bond donors (Lipinski definition) is 0. The normalized spacial score (nSPS) is 18.7. The predicted octanol–water partition coefficient (Wildman–Crippen LogP) is 5.10. The molecule has 32 heavy (non-hydrogen) atoms. The van der Waals surface area contributed by atoms with Crippen molar-refractivity contribution in [3.05, 3.63) is 59.6 Å². The molecule has 0 N–H and O–H groups in total. The van der Waals surface area contributed by atoms with Crippen LogP contribution in [0.5, 0.6) is 0 Å². The molecular formula is C24H27ClN4O2S. The van der Waals surface area contributed by atoms with E-state index in [1.54, 1.807) is 11.8 Å². The smallest absolute Gasteiger partial charge is 0.222 e. The van der Waals surface area contributed by atoms with Crippen LogP contribution < -0.4 is 0 Å². The monoisotopic (exact) mass is 470 g/mol. The van der Waals surface area contributed by atoms with Gasteiger partial charge in [0.25, 0.3) is 0 Å². The third kappa shape index (κ3) is 5.34. The van der Waals surface area contributed by atoms with Gasteiger partial charge < -0.3 is 9.64 Å². The number of ether oxygens (including phenoxy) is 1. The second-order valence-corrected chi connectivity index (χ2v) is 9.43. The van der Waals surface area contributed by atoms with E-state index in [0.717, 1.165) is 28.6 Å². The Bertz CT molecular complexity index is 1050. The van der Waals surface area contributed by atoms with Crippen molar-refractivity contribution in [2.45, 2.75) is 44.1 Å². The summed E-state index contributed by atoms with van der Waals surface area (Å²) >= 11 is 8.05. The molecular weight excluding hydrogens is 444 g/mol.